The topological polar surface area (TPSA) is 32.3 Å². The molecule has 2 N–H and O–H groups in total. The van der Waals surface area contributed by atoms with E-state index in [-0.39, 0.29) is 11.9 Å². The van der Waals surface area contributed by atoms with E-state index in [1.807, 2.05) is 6.26 Å². The van der Waals surface area contributed by atoms with Crippen LogP contribution in [0, 0.1) is 3.57 Å². The van der Waals surface area contributed by atoms with Crippen LogP contribution >= 0.6 is 34.4 Å². The summed E-state index contributed by atoms with van der Waals surface area (Å²) >= 11 is 4.02. The van der Waals surface area contributed by atoms with Gasteiger partial charge in [-0.05, 0) is 60.4 Å². The van der Waals surface area contributed by atoms with Crippen LogP contribution in [0.2, 0.25) is 0 Å². The van der Waals surface area contributed by atoms with E-state index < -0.39 is 0 Å². The lowest BCUT2D eigenvalue weighted by Gasteiger charge is -2.25. The van der Waals surface area contributed by atoms with E-state index in [4.69, 9.17) is 0 Å². The van der Waals surface area contributed by atoms with Crippen molar-refractivity contribution >= 4 is 34.4 Å². The standard InChI is InChI=1S/C13H20INOS/c1-9(11-4-6-12(14)7-5-11)15-10(2)13(8-16)17-3/h4-7,9-10,13,15-16H,8H2,1-3H3. The van der Waals surface area contributed by atoms with Gasteiger partial charge in [0.1, 0.15) is 0 Å². The average Bonchev–Trinajstić information content (AvgIpc) is 2.31. The number of nitrogens with one attached hydrogen (secondary N) is 1. The van der Waals surface area contributed by atoms with Crippen molar-refractivity contribution in [2.75, 3.05) is 12.9 Å². The van der Waals surface area contributed by atoms with Gasteiger partial charge < -0.3 is 10.4 Å². The lowest BCUT2D eigenvalue weighted by molar-refractivity contribution is 0.272. The molecule has 0 saturated heterocycles. The summed E-state index contributed by atoms with van der Waals surface area (Å²) in [5, 5.41) is 13.0. The van der Waals surface area contributed by atoms with Crippen molar-refractivity contribution in [3.63, 3.8) is 0 Å². The van der Waals surface area contributed by atoms with E-state index in [9.17, 15) is 5.11 Å². The molecule has 0 amide bonds. The first-order valence-corrected chi connectivity index (χ1v) is 8.10. The number of aliphatic hydroxyl groups is 1. The molecule has 1 aromatic carbocycles. The zero-order valence-corrected chi connectivity index (χ0v) is 13.5. The van der Waals surface area contributed by atoms with Crippen LogP contribution < -0.4 is 5.32 Å². The van der Waals surface area contributed by atoms with Crippen LogP contribution in [0.5, 0.6) is 0 Å². The molecule has 0 spiro atoms. The van der Waals surface area contributed by atoms with Crippen LogP contribution in [0.1, 0.15) is 25.5 Å². The van der Waals surface area contributed by atoms with Crippen molar-refractivity contribution < 1.29 is 5.11 Å². The molecule has 0 heterocycles. The van der Waals surface area contributed by atoms with Gasteiger partial charge in [0.15, 0.2) is 0 Å². The molecular weight excluding hydrogens is 345 g/mol. The fraction of sp³-hybridized carbons (Fsp3) is 0.538. The van der Waals surface area contributed by atoms with Crippen LogP contribution in [0.25, 0.3) is 0 Å². The minimum Gasteiger partial charge on any atom is -0.395 e. The van der Waals surface area contributed by atoms with Gasteiger partial charge in [-0.1, -0.05) is 12.1 Å². The molecule has 4 heteroatoms. The second kappa shape index (κ2) is 7.61. The van der Waals surface area contributed by atoms with Gasteiger partial charge in [0, 0.05) is 20.9 Å². The Morgan fingerprint density at radius 2 is 1.88 bits per heavy atom. The summed E-state index contributed by atoms with van der Waals surface area (Å²) in [4.78, 5) is 0. The lowest BCUT2D eigenvalue weighted by Crippen LogP contribution is -2.38. The Kier molecular flexibility index (Phi) is 6.84. The molecule has 96 valence electrons. The van der Waals surface area contributed by atoms with Gasteiger partial charge in [0.2, 0.25) is 0 Å². The molecule has 0 saturated carbocycles. The van der Waals surface area contributed by atoms with E-state index in [1.54, 1.807) is 11.8 Å². The number of aliphatic hydroxyl groups excluding tert-OH is 1. The largest absolute Gasteiger partial charge is 0.395 e. The quantitative estimate of drug-likeness (QED) is 0.760. The minimum absolute atomic E-state index is 0.217. The van der Waals surface area contributed by atoms with Gasteiger partial charge in [-0.15, -0.1) is 0 Å². The van der Waals surface area contributed by atoms with Crippen LogP contribution in [-0.2, 0) is 0 Å². The third-order valence-electron chi connectivity index (χ3n) is 2.92. The molecule has 1 rings (SSSR count). The molecule has 0 aliphatic heterocycles. The van der Waals surface area contributed by atoms with E-state index in [2.05, 4.69) is 66.0 Å². The Morgan fingerprint density at radius 3 is 2.35 bits per heavy atom. The minimum atomic E-state index is 0.217. The molecule has 2 nitrogen and oxygen atoms in total. The molecule has 0 bridgehead atoms. The third kappa shape index (κ3) is 4.77. The summed E-state index contributed by atoms with van der Waals surface area (Å²) in [5.74, 6) is 0. The van der Waals surface area contributed by atoms with Crippen LogP contribution in [0.3, 0.4) is 0 Å². The van der Waals surface area contributed by atoms with Crippen LogP contribution in [-0.4, -0.2) is 29.3 Å². The average molecular weight is 365 g/mol. The highest BCUT2D eigenvalue weighted by Gasteiger charge is 2.17. The smallest absolute Gasteiger partial charge is 0.0564 e. The van der Waals surface area contributed by atoms with Gasteiger partial charge >= 0.3 is 0 Å². The summed E-state index contributed by atoms with van der Waals surface area (Å²) in [7, 11) is 0. The molecule has 0 aromatic heterocycles. The zero-order valence-electron chi connectivity index (χ0n) is 10.5. The Morgan fingerprint density at radius 1 is 1.29 bits per heavy atom. The highest BCUT2D eigenvalue weighted by molar-refractivity contribution is 14.1. The van der Waals surface area contributed by atoms with Crippen LogP contribution in [0.4, 0.5) is 0 Å². The van der Waals surface area contributed by atoms with E-state index in [1.165, 1.54) is 9.13 Å². The first-order valence-electron chi connectivity index (χ1n) is 5.73. The summed E-state index contributed by atoms with van der Waals surface area (Å²) in [5.41, 5.74) is 1.29. The Balaban J connectivity index is 2.59. The highest BCUT2D eigenvalue weighted by Crippen LogP contribution is 2.18. The number of hydrogen-bond donors (Lipinski definition) is 2. The summed E-state index contributed by atoms with van der Waals surface area (Å²) in [6.07, 6.45) is 2.04. The SMILES string of the molecule is CSC(CO)C(C)NC(C)c1ccc(I)cc1. The molecule has 0 aliphatic carbocycles. The van der Waals surface area contributed by atoms with Gasteiger partial charge in [-0.3, -0.25) is 0 Å². The van der Waals surface area contributed by atoms with Crippen molar-refractivity contribution in [1.29, 1.82) is 0 Å². The Hall–Kier alpha value is 0.220. The maximum absolute atomic E-state index is 9.25. The summed E-state index contributed by atoms with van der Waals surface area (Å²) in [6, 6.07) is 9.15. The summed E-state index contributed by atoms with van der Waals surface area (Å²) < 4.78 is 1.25. The van der Waals surface area contributed by atoms with Gasteiger partial charge in [0.05, 0.1) is 6.61 Å². The molecule has 1 aromatic rings. The van der Waals surface area contributed by atoms with E-state index in [0.717, 1.165) is 0 Å². The number of halogens is 1. The zero-order chi connectivity index (χ0) is 12.8. The van der Waals surface area contributed by atoms with Gasteiger partial charge in [-0.2, -0.15) is 11.8 Å². The second-order valence-electron chi connectivity index (χ2n) is 4.19. The molecule has 0 radical (unpaired) electrons. The highest BCUT2D eigenvalue weighted by atomic mass is 127. The second-order valence-corrected chi connectivity index (χ2v) is 6.51. The first-order chi connectivity index (χ1) is 8.08. The lowest BCUT2D eigenvalue weighted by atomic mass is 10.1. The van der Waals surface area contributed by atoms with Crippen molar-refractivity contribution in [2.45, 2.75) is 31.2 Å². The fourth-order valence-electron chi connectivity index (χ4n) is 1.79. The monoisotopic (exact) mass is 365 g/mol. The molecule has 17 heavy (non-hydrogen) atoms. The van der Waals surface area contributed by atoms with Crippen molar-refractivity contribution in [3.8, 4) is 0 Å². The number of thioether (sulfide) groups is 1. The molecule has 3 atom stereocenters. The van der Waals surface area contributed by atoms with Crippen molar-refractivity contribution in [2.24, 2.45) is 0 Å². The fourth-order valence-corrected chi connectivity index (χ4v) is 2.78. The third-order valence-corrected chi connectivity index (χ3v) is 4.81. The molecular formula is C13H20INOS. The normalized spacial score (nSPS) is 16.5. The van der Waals surface area contributed by atoms with Crippen molar-refractivity contribution in [3.05, 3.63) is 33.4 Å². The Bertz CT molecular complexity index is 327. The van der Waals surface area contributed by atoms with Crippen LogP contribution in [0.15, 0.2) is 24.3 Å². The van der Waals surface area contributed by atoms with E-state index >= 15 is 0 Å². The predicted octanol–water partition coefficient (Wildman–Crippen LogP) is 3.05. The van der Waals surface area contributed by atoms with Gasteiger partial charge in [-0.25, -0.2) is 0 Å². The number of rotatable bonds is 6. The predicted molar refractivity (Wildman–Crippen MR) is 84.6 cm³/mol. The van der Waals surface area contributed by atoms with Gasteiger partial charge in [0.25, 0.3) is 0 Å². The van der Waals surface area contributed by atoms with E-state index in [0.29, 0.717) is 12.1 Å². The molecule has 0 fully saturated rings. The maximum atomic E-state index is 9.25. The maximum Gasteiger partial charge on any atom is 0.0564 e. The molecule has 0 aliphatic rings. The number of benzene rings is 1. The summed E-state index contributed by atoms with van der Waals surface area (Å²) in [6.45, 7) is 4.50. The molecule has 3 unspecified atom stereocenters. The first kappa shape index (κ1) is 15.3. The number of hydrogen-bond acceptors (Lipinski definition) is 3. The Labute approximate surface area is 122 Å². The van der Waals surface area contributed by atoms with Crippen molar-refractivity contribution in [1.82, 2.24) is 5.32 Å².